The molecule has 0 saturated carbocycles. The summed E-state index contributed by atoms with van der Waals surface area (Å²) in [7, 11) is 0. The third-order valence-electron chi connectivity index (χ3n) is 5.09. The maximum atomic E-state index is 13.1. The van der Waals surface area contributed by atoms with Crippen molar-refractivity contribution in [2.75, 3.05) is 4.90 Å². The molecule has 0 radical (unpaired) electrons. The quantitative estimate of drug-likeness (QED) is 0.588. The molecule has 0 bridgehead atoms. The Balaban J connectivity index is 1.71. The Morgan fingerprint density at radius 3 is 2.31 bits per heavy atom. The van der Waals surface area contributed by atoms with Crippen LogP contribution in [-0.2, 0) is 9.53 Å². The first kappa shape index (κ1) is 15.0. The average Bonchev–Trinajstić information content (AvgIpc) is 2.90. The van der Waals surface area contributed by atoms with Crippen molar-refractivity contribution in [3.63, 3.8) is 0 Å². The molecule has 0 fully saturated rings. The summed E-state index contributed by atoms with van der Waals surface area (Å²) in [6.45, 7) is 0. The summed E-state index contributed by atoms with van der Waals surface area (Å²) >= 11 is 0. The first-order valence-corrected chi connectivity index (χ1v) is 8.26. The summed E-state index contributed by atoms with van der Waals surface area (Å²) in [6, 6.07) is 14.2. The van der Waals surface area contributed by atoms with E-state index in [9.17, 15) is 14.4 Å². The number of Topliss-reactive ketones (excluding diaryl/α,β-unsaturated/α-hetero) is 2. The fourth-order valence-corrected chi connectivity index (χ4v) is 3.85. The van der Waals surface area contributed by atoms with Crippen LogP contribution < -0.4 is 4.90 Å². The average molecular weight is 343 g/mol. The standard InChI is InChI=1S/C21H13NO4/c23-12-14-11-22-17-8-4-1-5-13(17)9-10-18(22)26-21(14)19(24)15-6-2-3-7-16(15)20(21)25/h1-12,18H. The normalized spacial score (nSPS) is 21.9. The van der Waals surface area contributed by atoms with E-state index in [1.165, 1.54) is 0 Å². The molecular formula is C21H13NO4. The highest BCUT2D eigenvalue weighted by Gasteiger charge is 2.60. The van der Waals surface area contributed by atoms with Crippen molar-refractivity contribution in [2.24, 2.45) is 0 Å². The number of fused-ring (bicyclic) bond motifs is 4. The molecule has 2 aromatic rings. The monoisotopic (exact) mass is 343 g/mol. The summed E-state index contributed by atoms with van der Waals surface area (Å²) in [6.07, 6.45) is 5.13. The molecule has 0 saturated heterocycles. The molecule has 0 N–H and O–H groups in total. The predicted octanol–water partition coefficient (Wildman–Crippen LogP) is 2.78. The van der Waals surface area contributed by atoms with Crippen LogP contribution in [0.4, 0.5) is 5.69 Å². The molecule has 0 amide bonds. The predicted molar refractivity (Wildman–Crippen MR) is 94.8 cm³/mol. The molecule has 1 unspecified atom stereocenters. The molecule has 1 aliphatic carbocycles. The zero-order chi connectivity index (χ0) is 17.9. The molecule has 1 atom stereocenters. The van der Waals surface area contributed by atoms with Gasteiger partial charge in [0.2, 0.25) is 17.2 Å². The minimum Gasteiger partial charge on any atom is -0.326 e. The Morgan fingerprint density at radius 2 is 1.62 bits per heavy atom. The van der Waals surface area contributed by atoms with E-state index >= 15 is 0 Å². The number of ketones is 2. The van der Waals surface area contributed by atoms with Crippen molar-refractivity contribution in [3.05, 3.63) is 83.1 Å². The first-order valence-electron chi connectivity index (χ1n) is 8.26. The minimum absolute atomic E-state index is 0.0186. The van der Waals surface area contributed by atoms with Gasteiger partial charge in [-0.2, -0.15) is 0 Å². The number of nitrogens with zero attached hydrogens (tertiary/aromatic N) is 1. The van der Waals surface area contributed by atoms with Crippen LogP contribution in [0.2, 0.25) is 0 Å². The van der Waals surface area contributed by atoms with Crippen LogP contribution in [0.25, 0.3) is 6.08 Å². The van der Waals surface area contributed by atoms with Gasteiger partial charge in [-0.25, -0.2) is 0 Å². The van der Waals surface area contributed by atoms with E-state index in [0.717, 1.165) is 11.3 Å². The Hall–Kier alpha value is -3.31. The molecule has 126 valence electrons. The van der Waals surface area contributed by atoms with Crippen LogP contribution in [0.1, 0.15) is 26.3 Å². The summed E-state index contributed by atoms with van der Waals surface area (Å²) in [5.41, 5.74) is 0.521. The largest absolute Gasteiger partial charge is 0.326 e. The molecular weight excluding hydrogens is 330 g/mol. The molecule has 0 aromatic heterocycles. The van der Waals surface area contributed by atoms with Gasteiger partial charge in [0, 0.05) is 17.3 Å². The molecule has 5 nitrogen and oxygen atoms in total. The Kier molecular flexibility index (Phi) is 2.94. The fourth-order valence-electron chi connectivity index (χ4n) is 3.85. The summed E-state index contributed by atoms with van der Waals surface area (Å²) in [5.74, 6) is -0.966. The number of hydrogen-bond acceptors (Lipinski definition) is 5. The number of hydrogen-bond donors (Lipinski definition) is 0. The lowest BCUT2D eigenvalue weighted by molar-refractivity contribution is -0.107. The van der Waals surface area contributed by atoms with Crippen LogP contribution >= 0.6 is 0 Å². The Morgan fingerprint density at radius 1 is 0.962 bits per heavy atom. The number of aldehydes is 1. The second-order valence-electron chi connectivity index (χ2n) is 6.42. The van der Waals surface area contributed by atoms with Gasteiger partial charge < -0.3 is 9.64 Å². The zero-order valence-corrected chi connectivity index (χ0v) is 13.6. The van der Waals surface area contributed by atoms with Crippen molar-refractivity contribution in [1.82, 2.24) is 0 Å². The maximum absolute atomic E-state index is 13.1. The van der Waals surface area contributed by atoms with E-state index in [0.29, 0.717) is 17.4 Å². The van der Waals surface area contributed by atoms with Crippen LogP contribution in [0.5, 0.6) is 0 Å². The highest BCUT2D eigenvalue weighted by atomic mass is 16.5. The van der Waals surface area contributed by atoms with Crippen LogP contribution in [0.3, 0.4) is 0 Å². The summed E-state index contributed by atoms with van der Waals surface area (Å²) in [4.78, 5) is 39.8. The number of carbonyl (C=O) groups is 3. The van der Waals surface area contributed by atoms with E-state index < -0.39 is 23.4 Å². The van der Waals surface area contributed by atoms with Gasteiger partial charge >= 0.3 is 0 Å². The van der Waals surface area contributed by atoms with E-state index in [2.05, 4.69) is 0 Å². The highest BCUT2D eigenvalue weighted by Crippen LogP contribution is 2.44. The molecule has 1 spiro atoms. The van der Waals surface area contributed by atoms with Crippen molar-refractivity contribution in [2.45, 2.75) is 11.8 Å². The lowest BCUT2D eigenvalue weighted by Gasteiger charge is -2.42. The number of anilines is 1. The van der Waals surface area contributed by atoms with Gasteiger partial charge in [0.15, 0.2) is 12.5 Å². The topological polar surface area (TPSA) is 63.7 Å². The van der Waals surface area contributed by atoms with Crippen LogP contribution in [0.15, 0.2) is 66.4 Å². The van der Waals surface area contributed by atoms with Gasteiger partial charge in [0.1, 0.15) is 0 Å². The molecule has 5 heteroatoms. The highest BCUT2D eigenvalue weighted by molar-refractivity contribution is 6.36. The number of ether oxygens (including phenoxy) is 1. The Labute approximate surface area is 149 Å². The molecule has 2 aliphatic heterocycles. The van der Waals surface area contributed by atoms with Gasteiger partial charge in [-0.05, 0) is 17.7 Å². The van der Waals surface area contributed by atoms with E-state index in [-0.39, 0.29) is 5.57 Å². The number of benzene rings is 2. The van der Waals surface area contributed by atoms with Crippen molar-refractivity contribution < 1.29 is 19.1 Å². The second kappa shape index (κ2) is 5.09. The van der Waals surface area contributed by atoms with Crippen molar-refractivity contribution in [3.8, 4) is 0 Å². The maximum Gasteiger partial charge on any atom is 0.225 e. The molecule has 3 aliphatic rings. The minimum atomic E-state index is -1.90. The Bertz CT molecular complexity index is 1010. The van der Waals surface area contributed by atoms with Gasteiger partial charge in [0.05, 0.1) is 11.3 Å². The third-order valence-corrected chi connectivity index (χ3v) is 5.09. The molecule has 2 heterocycles. The first-order chi connectivity index (χ1) is 12.7. The van der Waals surface area contributed by atoms with Crippen molar-refractivity contribution >= 4 is 29.6 Å². The summed E-state index contributed by atoms with van der Waals surface area (Å²) in [5, 5.41) is 0. The van der Waals surface area contributed by atoms with Crippen LogP contribution in [0, 0.1) is 0 Å². The van der Waals surface area contributed by atoms with Gasteiger partial charge in [-0.3, -0.25) is 14.4 Å². The lowest BCUT2D eigenvalue weighted by atomic mass is 9.87. The summed E-state index contributed by atoms with van der Waals surface area (Å²) < 4.78 is 6.05. The van der Waals surface area contributed by atoms with Gasteiger partial charge in [-0.15, -0.1) is 0 Å². The van der Waals surface area contributed by atoms with Crippen molar-refractivity contribution in [1.29, 1.82) is 0 Å². The number of para-hydroxylation sites is 1. The van der Waals surface area contributed by atoms with Gasteiger partial charge in [-0.1, -0.05) is 48.5 Å². The van der Waals surface area contributed by atoms with E-state index in [1.54, 1.807) is 41.4 Å². The number of carbonyl (C=O) groups excluding carboxylic acids is 3. The number of rotatable bonds is 1. The van der Waals surface area contributed by atoms with Gasteiger partial charge in [0.25, 0.3) is 0 Å². The van der Waals surface area contributed by atoms with Crippen LogP contribution in [-0.4, -0.2) is 29.7 Å². The lowest BCUT2D eigenvalue weighted by Crippen LogP contribution is -2.56. The molecule has 2 aromatic carbocycles. The fraction of sp³-hybridized carbons (Fsp3) is 0.0952. The zero-order valence-electron chi connectivity index (χ0n) is 13.6. The smallest absolute Gasteiger partial charge is 0.225 e. The third kappa shape index (κ3) is 1.70. The SMILES string of the molecule is O=CC1=CN2c3ccccc3C=CC2OC12C(=O)c1ccccc1C2=O. The molecule has 5 rings (SSSR count). The van der Waals surface area contributed by atoms with E-state index in [1.807, 2.05) is 30.3 Å². The molecule has 26 heavy (non-hydrogen) atoms. The van der Waals surface area contributed by atoms with E-state index in [4.69, 9.17) is 4.74 Å². The second-order valence-corrected chi connectivity index (χ2v) is 6.42.